The largest absolute Gasteiger partial charge is 0.316 e. The number of hydrogen-bond acceptors (Lipinski definition) is 2. The molecule has 20 heavy (non-hydrogen) atoms. The minimum atomic E-state index is -0.0991. The Morgan fingerprint density at radius 2 is 2.00 bits per heavy atom. The molecule has 0 heterocycles. The van der Waals surface area contributed by atoms with E-state index in [1.54, 1.807) is 23.9 Å². The molecule has 2 rings (SSSR count). The maximum atomic E-state index is 13.7. The Balaban J connectivity index is 1.91. The van der Waals surface area contributed by atoms with Gasteiger partial charge in [-0.3, -0.25) is 0 Å². The quantitative estimate of drug-likeness (QED) is 0.798. The SMILES string of the molecule is CNC(CSc1ccccc1F)C1CCC(C)C(C)C1. The van der Waals surface area contributed by atoms with Crippen LogP contribution in [-0.4, -0.2) is 18.8 Å². The van der Waals surface area contributed by atoms with E-state index in [1.807, 2.05) is 19.2 Å². The molecule has 1 saturated carbocycles. The van der Waals surface area contributed by atoms with Crippen LogP contribution in [0.1, 0.15) is 33.1 Å². The zero-order valence-electron chi connectivity index (χ0n) is 12.7. The number of nitrogens with one attached hydrogen (secondary N) is 1. The van der Waals surface area contributed by atoms with Crippen LogP contribution in [-0.2, 0) is 0 Å². The minimum absolute atomic E-state index is 0.0991. The molecule has 0 bridgehead atoms. The van der Waals surface area contributed by atoms with Gasteiger partial charge < -0.3 is 5.32 Å². The van der Waals surface area contributed by atoms with Crippen molar-refractivity contribution >= 4 is 11.8 Å². The second kappa shape index (κ2) is 7.46. The number of benzene rings is 1. The average molecular weight is 295 g/mol. The highest BCUT2D eigenvalue weighted by Gasteiger charge is 2.29. The van der Waals surface area contributed by atoms with Crippen molar-refractivity contribution in [1.82, 2.24) is 5.32 Å². The van der Waals surface area contributed by atoms with Gasteiger partial charge in [0.15, 0.2) is 0 Å². The van der Waals surface area contributed by atoms with Gasteiger partial charge in [-0.1, -0.05) is 32.4 Å². The number of thioether (sulfide) groups is 1. The number of hydrogen-bond donors (Lipinski definition) is 1. The summed E-state index contributed by atoms with van der Waals surface area (Å²) in [7, 11) is 2.04. The Hall–Kier alpha value is -0.540. The van der Waals surface area contributed by atoms with Crippen molar-refractivity contribution in [2.75, 3.05) is 12.8 Å². The summed E-state index contributed by atoms with van der Waals surface area (Å²) in [4.78, 5) is 0.768. The van der Waals surface area contributed by atoms with Gasteiger partial charge in [-0.2, -0.15) is 0 Å². The average Bonchev–Trinajstić information content (AvgIpc) is 2.45. The third-order valence-corrected chi connectivity index (χ3v) is 6.00. The van der Waals surface area contributed by atoms with Gasteiger partial charge in [0, 0.05) is 16.7 Å². The van der Waals surface area contributed by atoms with E-state index in [-0.39, 0.29) is 5.82 Å². The molecule has 1 nitrogen and oxygen atoms in total. The first kappa shape index (κ1) is 15.8. The van der Waals surface area contributed by atoms with Crippen molar-refractivity contribution in [3.05, 3.63) is 30.1 Å². The molecule has 1 N–H and O–H groups in total. The van der Waals surface area contributed by atoms with Crippen molar-refractivity contribution in [3.8, 4) is 0 Å². The molecule has 1 aliphatic rings. The second-order valence-corrected chi connectivity index (χ2v) is 7.23. The zero-order chi connectivity index (χ0) is 14.5. The molecule has 0 aromatic heterocycles. The predicted molar refractivity (Wildman–Crippen MR) is 85.6 cm³/mol. The summed E-state index contributed by atoms with van der Waals surface area (Å²) in [5.74, 6) is 3.23. The van der Waals surface area contributed by atoms with Crippen LogP contribution in [0.15, 0.2) is 29.2 Å². The molecule has 1 aromatic carbocycles. The van der Waals surface area contributed by atoms with Crippen molar-refractivity contribution in [3.63, 3.8) is 0 Å². The van der Waals surface area contributed by atoms with Crippen LogP contribution in [0.3, 0.4) is 0 Å². The van der Waals surface area contributed by atoms with Crippen molar-refractivity contribution < 1.29 is 4.39 Å². The van der Waals surface area contributed by atoms with E-state index in [1.165, 1.54) is 19.3 Å². The van der Waals surface area contributed by atoms with Crippen LogP contribution in [0.5, 0.6) is 0 Å². The van der Waals surface area contributed by atoms with Crippen LogP contribution in [0, 0.1) is 23.6 Å². The molecule has 0 aliphatic heterocycles. The molecule has 0 amide bonds. The van der Waals surface area contributed by atoms with Gasteiger partial charge >= 0.3 is 0 Å². The van der Waals surface area contributed by atoms with Crippen LogP contribution in [0.25, 0.3) is 0 Å². The lowest BCUT2D eigenvalue weighted by Gasteiger charge is -2.36. The lowest BCUT2D eigenvalue weighted by molar-refractivity contribution is 0.181. The summed E-state index contributed by atoms with van der Waals surface area (Å²) in [5.41, 5.74) is 0. The molecule has 112 valence electrons. The highest BCUT2D eigenvalue weighted by molar-refractivity contribution is 7.99. The van der Waals surface area contributed by atoms with Gasteiger partial charge in [-0.25, -0.2) is 4.39 Å². The minimum Gasteiger partial charge on any atom is -0.316 e. The summed E-state index contributed by atoms with van der Waals surface area (Å²) in [6.07, 6.45) is 3.92. The highest BCUT2D eigenvalue weighted by Crippen LogP contribution is 2.36. The first-order chi connectivity index (χ1) is 9.61. The van der Waals surface area contributed by atoms with E-state index in [4.69, 9.17) is 0 Å². The fraction of sp³-hybridized carbons (Fsp3) is 0.647. The first-order valence-electron chi connectivity index (χ1n) is 7.66. The maximum absolute atomic E-state index is 13.7. The molecule has 0 spiro atoms. The summed E-state index contributed by atoms with van der Waals surface area (Å²) >= 11 is 1.64. The Kier molecular flexibility index (Phi) is 5.91. The molecule has 0 radical (unpaired) electrons. The third-order valence-electron chi connectivity index (χ3n) is 4.83. The summed E-state index contributed by atoms with van der Waals surface area (Å²) in [5, 5.41) is 3.45. The Morgan fingerprint density at radius 3 is 2.65 bits per heavy atom. The lowest BCUT2D eigenvalue weighted by atomic mass is 9.73. The van der Waals surface area contributed by atoms with Gasteiger partial charge in [0.25, 0.3) is 0 Å². The van der Waals surface area contributed by atoms with E-state index >= 15 is 0 Å². The van der Waals surface area contributed by atoms with E-state index in [0.717, 1.165) is 28.4 Å². The smallest absolute Gasteiger partial charge is 0.136 e. The molecule has 0 saturated heterocycles. The molecule has 4 unspecified atom stereocenters. The van der Waals surface area contributed by atoms with Crippen molar-refractivity contribution in [1.29, 1.82) is 0 Å². The van der Waals surface area contributed by atoms with E-state index in [9.17, 15) is 4.39 Å². The van der Waals surface area contributed by atoms with Gasteiger partial charge in [0.1, 0.15) is 5.82 Å². The molecule has 4 atom stereocenters. The van der Waals surface area contributed by atoms with Crippen LogP contribution < -0.4 is 5.32 Å². The number of rotatable bonds is 5. The van der Waals surface area contributed by atoms with Crippen LogP contribution >= 0.6 is 11.8 Å². The Bertz CT molecular complexity index is 423. The summed E-state index contributed by atoms with van der Waals surface area (Å²) < 4.78 is 13.7. The molecular formula is C17H26FNS. The second-order valence-electron chi connectivity index (χ2n) is 6.16. The Morgan fingerprint density at radius 1 is 1.25 bits per heavy atom. The topological polar surface area (TPSA) is 12.0 Å². The van der Waals surface area contributed by atoms with Crippen LogP contribution in [0.2, 0.25) is 0 Å². The fourth-order valence-electron chi connectivity index (χ4n) is 3.15. The van der Waals surface area contributed by atoms with Crippen molar-refractivity contribution in [2.24, 2.45) is 17.8 Å². The zero-order valence-corrected chi connectivity index (χ0v) is 13.5. The van der Waals surface area contributed by atoms with Gasteiger partial charge in [0.2, 0.25) is 0 Å². The monoisotopic (exact) mass is 295 g/mol. The molecule has 3 heteroatoms. The first-order valence-corrected chi connectivity index (χ1v) is 8.65. The Labute approximate surface area is 126 Å². The number of halogens is 1. The fourth-order valence-corrected chi connectivity index (χ4v) is 4.33. The normalized spacial score (nSPS) is 28.3. The molecular weight excluding hydrogens is 269 g/mol. The maximum Gasteiger partial charge on any atom is 0.136 e. The standard InChI is InChI=1S/C17H26FNS/c1-12-8-9-14(10-13(12)2)16(19-3)11-20-17-7-5-4-6-15(17)18/h4-7,12-14,16,19H,8-11H2,1-3H3. The summed E-state index contributed by atoms with van der Waals surface area (Å²) in [6.45, 7) is 4.73. The van der Waals surface area contributed by atoms with Gasteiger partial charge in [0.05, 0.1) is 0 Å². The van der Waals surface area contributed by atoms with Gasteiger partial charge in [-0.15, -0.1) is 11.8 Å². The van der Waals surface area contributed by atoms with E-state index in [2.05, 4.69) is 19.2 Å². The summed E-state index contributed by atoms with van der Waals surface area (Å²) in [6, 6.07) is 7.55. The van der Waals surface area contributed by atoms with Gasteiger partial charge in [-0.05, 0) is 49.8 Å². The van der Waals surface area contributed by atoms with Crippen molar-refractivity contribution in [2.45, 2.75) is 44.0 Å². The third kappa shape index (κ3) is 3.98. The van der Waals surface area contributed by atoms with Crippen LogP contribution in [0.4, 0.5) is 4.39 Å². The van der Waals surface area contributed by atoms with E-state index < -0.39 is 0 Å². The lowest BCUT2D eigenvalue weighted by Crippen LogP contribution is -2.39. The molecule has 1 aromatic rings. The van der Waals surface area contributed by atoms with E-state index in [0.29, 0.717) is 6.04 Å². The molecule has 1 aliphatic carbocycles. The molecule has 1 fully saturated rings. The highest BCUT2D eigenvalue weighted by atomic mass is 32.2. The predicted octanol–water partition coefficient (Wildman–Crippen LogP) is 4.58.